The first-order valence-electron chi connectivity index (χ1n) is 14.4. The molecule has 2 aromatic carbocycles. The molecule has 41 heavy (non-hydrogen) atoms. The number of carboxylic acid groups (broad SMARTS) is 1. The van der Waals surface area contributed by atoms with Crippen molar-refractivity contribution in [1.82, 2.24) is 10.2 Å². The first-order chi connectivity index (χ1) is 19.7. The van der Waals surface area contributed by atoms with Crippen LogP contribution in [0.2, 0.25) is 0 Å². The third-order valence-electron chi connectivity index (χ3n) is 7.93. The molecule has 1 saturated carbocycles. The number of benzene rings is 2. The molecule has 0 bridgehead atoms. The maximum absolute atomic E-state index is 13.4. The number of carbonyl (C=O) groups excluding carboxylic acids is 3. The van der Waals surface area contributed by atoms with Gasteiger partial charge in [-0.05, 0) is 49.9 Å². The van der Waals surface area contributed by atoms with Crippen molar-refractivity contribution >= 4 is 35.3 Å². The second-order valence-corrected chi connectivity index (χ2v) is 10.9. The molecule has 0 radical (unpaired) electrons. The monoisotopic (exact) mass is 564 g/mol. The number of hydrogen-bond donors (Lipinski definition) is 3. The highest BCUT2D eigenvalue weighted by Crippen LogP contribution is 2.31. The van der Waals surface area contributed by atoms with E-state index in [9.17, 15) is 24.3 Å². The summed E-state index contributed by atoms with van der Waals surface area (Å²) in [6, 6.07) is 11.9. The number of ether oxygens (including phenoxy) is 1. The lowest BCUT2D eigenvalue weighted by molar-refractivity contribution is -0.137. The highest BCUT2D eigenvalue weighted by Gasteiger charge is 2.26. The van der Waals surface area contributed by atoms with Gasteiger partial charge in [0.25, 0.3) is 5.91 Å². The van der Waals surface area contributed by atoms with Gasteiger partial charge >= 0.3 is 12.1 Å². The summed E-state index contributed by atoms with van der Waals surface area (Å²) in [6.45, 7) is 4.19. The Hall–Kier alpha value is -4.08. The Morgan fingerprint density at radius 2 is 1.68 bits per heavy atom. The van der Waals surface area contributed by atoms with Crippen molar-refractivity contribution in [1.29, 1.82) is 0 Å². The van der Waals surface area contributed by atoms with E-state index < -0.39 is 17.9 Å². The number of nitrogens with zero attached hydrogens (tertiary/aromatic N) is 2. The van der Waals surface area contributed by atoms with E-state index in [1.807, 2.05) is 37.3 Å². The molecule has 1 aliphatic carbocycles. The van der Waals surface area contributed by atoms with Gasteiger partial charge in [-0.2, -0.15) is 0 Å². The molecule has 1 aliphatic heterocycles. The van der Waals surface area contributed by atoms with Crippen LogP contribution in [0.3, 0.4) is 0 Å². The molecule has 2 fully saturated rings. The molecule has 4 rings (SSSR count). The molecule has 1 saturated heterocycles. The van der Waals surface area contributed by atoms with Crippen LogP contribution >= 0.6 is 0 Å². The van der Waals surface area contributed by atoms with Crippen LogP contribution in [0.25, 0.3) is 0 Å². The lowest BCUT2D eigenvalue weighted by atomic mass is 9.88. The van der Waals surface area contributed by atoms with E-state index in [2.05, 4.69) is 15.5 Å². The lowest BCUT2D eigenvalue weighted by Crippen LogP contribution is -2.35. The molecule has 3 N–H and O–H groups in total. The number of nitrogens with one attached hydrogen (secondary N) is 2. The Kier molecular flexibility index (Phi) is 10.2. The average Bonchev–Trinajstić information content (AvgIpc) is 3.23. The predicted octanol–water partition coefficient (Wildman–Crippen LogP) is 4.74. The number of methoxy groups -OCH3 is 1. The van der Waals surface area contributed by atoms with Crippen LogP contribution in [0.5, 0.6) is 0 Å². The van der Waals surface area contributed by atoms with E-state index >= 15 is 0 Å². The Labute approximate surface area is 241 Å². The summed E-state index contributed by atoms with van der Waals surface area (Å²) < 4.78 is 4.90. The summed E-state index contributed by atoms with van der Waals surface area (Å²) in [7, 11) is 1.37. The van der Waals surface area contributed by atoms with Crippen LogP contribution < -0.4 is 15.5 Å². The first-order valence-corrected chi connectivity index (χ1v) is 14.4. The zero-order valence-corrected chi connectivity index (χ0v) is 23.9. The van der Waals surface area contributed by atoms with Crippen LogP contribution in [0.4, 0.5) is 16.2 Å². The molecular weight excluding hydrogens is 524 g/mol. The summed E-state index contributed by atoms with van der Waals surface area (Å²) in [6.07, 6.45) is 4.95. The molecular formula is C31H40N4O6. The molecule has 1 unspecified atom stereocenters. The van der Waals surface area contributed by atoms with Gasteiger partial charge in [0.05, 0.1) is 30.9 Å². The first kappa shape index (κ1) is 29.9. The van der Waals surface area contributed by atoms with E-state index in [4.69, 9.17) is 4.74 Å². The van der Waals surface area contributed by atoms with Crippen molar-refractivity contribution in [2.45, 2.75) is 57.9 Å². The fourth-order valence-corrected chi connectivity index (χ4v) is 5.59. The second kappa shape index (κ2) is 14.0. The van der Waals surface area contributed by atoms with Gasteiger partial charge in [0, 0.05) is 37.7 Å². The summed E-state index contributed by atoms with van der Waals surface area (Å²) in [5, 5.41) is 15.5. The quantitative estimate of drug-likeness (QED) is 0.423. The van der Waals surface area contributed by atoms with Gasteiger partial charge in [0.15, 0.2) is 0 Å². The molecule has 2 aromatic rings. The SMILES string of the molecule is COC(=O)N1CCCN(c2ccc(C(=O)NC(CC(=O)O)c3ccc(C)cc3)cc2NC(=O)C2CCCCC2)CC1. The van der Waals surface area contributed by atoms with Gasteiger partial charge in [-0.25, -0.2) is 4.79 Å². The van der Waals surface area contributed by atoms with Crippen molar-refractivity contribution in [3.63, 3.8) is 0 Å². The number of aryl methyl sites for hydroxylation is 1. The number of rotatable bonds is 8. The number of amides is 3. The zero-order valence-electron chi connectivity index (χ0n) is 23.9. The molecule has 10 heteroatoms. The second-order valence-electron chi connectivity index (χ2n) is 10.9. The van der Waals surface area contributed by atoms with Gasteiger partial charge in [-0.15, -0.1) is 0 Å². The Morgan fingerprint density at radius 1 is 0.951 bits per heavy atom. The minimum Gasteiger partial charge on any atom is -0.481 e. The van der Waals surface area contributed by atoms with Crippen LogP contribution in [-0.4, -0.2) is 67.2 Å². The highest BCUT2D eigenvalue weighted by atomic mass is 16.5. The Balaban J connectivity index is 1.59. The highest BCUT2D eigenvalue weighted by molar-refractivity contribution is 6.00. The van der Waals surface area contributed by atoms with Gasteiger partial charge in [0.2, 0.25) is 5.91 Å². The van der Waals surface area contributed by atoms with Gasteiger partial charge in [0.1, 0.15) is 0 Å². The fourth-order valence-electron chi connectivity index (χ4n) is 5.59. The maximum atomic E-state index is 13.4. The molecule has 0 aromatic heterocycles. The Morgan fingerprint density at radius 3 is 2.37 bits per heavy atom. The van der Waals surface area contributed by atoms with E-state index in [0.717, 1.165) is 49.8 Å². The van der Waals surface area contributed by atoms with Crippen LogP contribution in [0.15, 0.2) is 42.5 Å². The maximum Gasteiger partial charge on any atom is 0.409 e. The molecule has 3 amide bonds. The number of aliphatic carboxylic acids is 1. The summed E-state index contributed by atoms with van der Waals surface area (Å²) in [4.78, 5) is 54.2. The molecule has 0 spiro atoms. The van der Waals surface area contributed by atoms with Crippen LogP contribution in [0.1, 0.15) is 72.5 Å². The van der Waals surface area contributed by atoms with E-state index in [0.29, 0.717) is 43.0 Å². The zero-order chi connectivity index (χ0) is 29.4. The van der Waals surface area contributed by atoms with Crippen molar-refractivity contribution < 1.29 is 29.0 Å². The molecule has 220 valence electrons. The summed E-state index contributed by atoms with van der Waals surface area (Å²) in [5.41, 5.74) is 3.36. The van der Waals surface area contributed by atoms with E-state index in [1.165, 1.54) is 7.11 Å². The van der Waals surface area contributed by atoms with E-state index in [-0.39, 0.29) is 24.3 Å². The third kappa shape index (κ3) is 7.99. The fraction of sp³-hybridized carbons (Fsp3) is 0.484. The largest absolute Gasteiger partial charge is 0.481 e. The molecule has 2 aliphatic rings. The number of anilines is 2. The summed E-state index contributed by atoms with van der Waals surface area (Å²) >= 11 is 0. The smallest absolute Gasteiger partial charge is 0.409 e. The van der Waals surface area contributed by atoms with Crippen molar-refractivity contribution in [2.24, 2.45) is 5.92 Å². The van der Waals surface area contributed by atoms with Crippen molar-refractivity contribution in [3.05, 3.63) is 59.2 Å². The lowest BCUT2D eigenvalue weighted by Gasteiger charge is -2.28. The van der Waals surface area contributed by atoms with Crippen LogP contribution in [0, 0.1) is 12.8 Å². The molecule has 1 atom stereocenters. The minimum atomic E-state index is -1.02. The number of carboxylic acids is 1. The minimum absolute atomic E-state index is 0.0575. The molecule has 10 nitrogen and oxygen atoms in total. The van der Waals surface area contributed by atoms with Crippen LogP contribution in [-0.2, 0) is 14.3 Å². The van der Waals surface area contributed by atoms with Gasteiger partial charge in [-0.3, -0.25) is 14.4 Å². The average molecular weight is 565 g/mol. The Bertz CT molecular complexity index is 1240. The van der Waals surface area contributed by atoms with Gasteiger partial charge < -0.3 is 30.3 Å². The topological polar surface area (TPSA) is 128 Å². The number of carbonyl (C=O) groups is 4. The third-order valence-corrected chi connectivity index (χ3v) is 7.93. The number of hydrogen-bond acceptors (Lipinski definition) is 6. The normalized spacial score (nSPS) is 16.8. The van der Waals surface area contributed by atoms with Gasteiger partial charge in [-0.1, -0.05) is 49.1 Å². The van der Waals surface area contributed by atoms with Crippen molar-refractivity contribution in [3.8, 4) is 0 Å². The standard InChI is InChI=1S/C31H40N4O6/c1-21-9-11-22(12-10-21)25(20-28(36)37)32-30(39)24-13-14-27(34-15-6-16-35(18-17-34)31(40)41-2)26(19-24)33-29(38)23-7-4-3-5-8-23/h9-14,19,23,25H,3-8,15-18,20H2,1-2H3,(H,32,39)(H,33,38)(H,36,37). The molecule has 1 heterocycles. The van der Waals surface area contributed by atoms with E-state index in [1.54, 1.807) is 17.0 Å². The predicted molar refractivity (Wildman–Crippen MR) is 156 cm³/mol. The summed E-state index contributed by atoms with van der Waals surface area (Å²) in [5.74, 6) is -1.58. The van der Waals surface area contributed by atoms with Crippen molar-refractivity contribution in [2.75, 3.05) is 43.5 Å².